The van der Waals surface area contributed by atoms with Crippen LogP contribution in [-0.2, 0) is 20.3 Å². The average Bonchev–Trinajstić information content (AvgIpc) is 2.79. The fraction of sp³-hybridized carbons (Fsp3) is 0.292. The minimum atomic E-state index is -3.27. The number of benzene rings is 2. The number of sulfone groups is 1. The van der Waals surface area contributed by atoms with Crippen molar-refractivity contribution in [3.63, 3.8) is 0 Å². The van der Waals surface area contributed by atoms with Crippen LogP contribution in [0.3, 0.4) is 0 Å². The molecule has 1 aliphatic rings. The van der Waals surface area contributed by atoms with Crippen LogP contribution < -0.4 is 15.5 Å². The second-order valence-electron chi connectivity index (χ2n) is 8.25. The van der Waals surface area contributed by atoms with Crippen LogP contribution in [0.25, 0.3) is 11.4 Å². The molecule has 1 fully saturated rings. The van der Waals surface area contributed by atoms with Crippen LogP contribution in [0.1, 0.15) is 12.6 Å². The Balaban J connectivity index is 1.56. The maximum Gasteiger partial charge on any atom is 0.323 e. The predicted octanol–water partition coefficient (Wildman–Crippen LogP) is 3.56. The lowest BCUT2D eigenvalue weighted by Gasteiger charge is -2.34. The SMILES string of the molecule is C[C@H]1COCCN1c1cc(CS(C)(=O)=O)nc(-c2ccc(NC(=O)Nc3ccccc3)cc2)n1. The number of carbonyl (C=O) groups excluding carboxylic acids is 1. The van der Waals surface area contributed by atoms with Gasteiger partial charge in [0.2, 0.25) is 0 Å². The molecule has 0 saturated carbocycles. The highest BCUT2D eigenvalue weighted by Gasteiger charge is 2.22. The zero-order valence-electron chi connectivity index (χ0n) is 19.1. The molecule has 4 rings (SSSR count). The van der Waals surface area contributed by atoms with Gasteiger partial charge in [0.05, 0.1) is 30.7 Å². The molecule has 2 amide bonds. The summed E-state index contributed by atoms with van der Waals surface area (Å²) in [5.74, 6) is 0.923. The summed E-state index contributed by atoms with van der Waals surface area (Å²) in [4.78, 5) is 23.6. The van der Waals surface area contributed by atoms with Gasteiger partial charge in [-0.15, -0.1) is 0 Å². The molecular weight excluding hydrogens is 454 g/mol. The van der Waals surface area contributed by atoms with E-state index in [1.807, 2.05) is 25.1 Å². The molecule has 178 valence electrons. The van der Waals surface area contributed by atoms with Crippen LogP contribution in [0.5, 0.6) is 0 Å². The number of nitrogens with one attached hydrogen (secondary N) is 2. The zero-order valence-corrected chi connectivity index (χ0v) is 19.9. The minimum Gasteiger partial charge on any atom is -0.377 e. The first kappa shape index (κ1) is 23.7. The Morgan fingerprint density at radius 2 is 1.74 bits per heavy atom. The summed E-state index contributed by atoms with van der Waals surface area (Å²) in [6.07, 6.45) is 1.19. The minimum absolute atomic E-state index is 0.109. The lowest BCUT2D eigenvalue weighted by atomic mass is 10.2. The molecule has 0 bridgehead atoms. The molecule has 1 saturated heterocycles. The maximum atomic E-state index is 12.2. The monoisotopic (exact) mass is 481 g/mol. The van der Waals surface area contributed by atoms with Crippen molar-refractivity contribution >= 4 is 33.1 Å². The van der Waals surface area contributed by atoms with Gasteiger partial charge >= 0.3 is 6.03 Å². The predicted molar refractivity (Wildman–Crippen MR) is 133 cm³/mol. The van der Waals surface area contributed by atoms with Crippen LogP contribution in [0.15, 0.2) is 60.7 Å². The Morgan fingerprint density at radius 3 is 2.38 bits per heavy atom. The van der Waals surface area contributed by atoms with Crippen LogP contribution in [0.2, 0.25) is 0 Å². The lowest BCUT2D eigenvalue weighted by molar-refractivity contribution is 0.0985. The molecule has 2 aromatic carbocycles. The second-order valence-corrected chi connectivity index (χ2v) is 10.4. The van der Waals surface area contributed by atoms with E-state index in [1.54, 1.807) is 42.5 Å². The third-order valence-corrected chi connectivity index (χ3v) is 6.09. The Labute approximate surface area is 199 Å². The molecule has 1 atom stereocenters. The van der Waals surface area contributed by atoms with E-state index in [2.05, 4.69) is 20.5 Å². The number of nitrogens with zero attached hydrogens (tertiary/aromatic N) is 3. The molecule has 2 heterocycles. The molecule has 1 aliphatic heterocycles. The topological polar surface area (TPSA) is 114 Å². The molecule has 3 aromatic rings. The number of hydrogen-bond acceptors (Lipinski definition) is 7. The number of urea groups is 1. The Kier molecular flexibility index (Phi) is 7.09. The first-order chi connectivity index (χ1) is 16.3. The second kappa shape index (κ2) is 10.2. The standard InChI is InChI=1S/C24H27N5O4S/c1-17-15-33-13-12-29(17)22-14-21(16-34(2,31)32)25-23(28-22)18-8-10-20(11-9-18)27-24(30)26-19-6-4-3-5-7-19/h3-11,14,17H,12-13,15-16H2,1-2H3,(H2,26,27,30)/t17-/m0/s1. The highest BCUT2D eigenvalue weighted by atomic mass is 32.2. The molecule has 34 heavy (non-hydrogen) atoms. The third-order valence-electron chi connectivity index (χ3n) is 5.27. The highest BCUT2D eigenvalue weighted by Crippen LogP contribution is 2.25. The molecule has 1 aromatic heterocycles. The van der Waals surface area contributed by atoms with Gasteiger partial charge in [0.1, 0.15) is 5.82 Å². The summed E-state index contributed by atoms with van der Waals surface area (Å²) in [5, 5.41) is 5.55. The normalized spacial score (nSPS) is 16.2. The van der Waals surface area contributed by atoms with Gasteiger partial charge in [-0.3, -0.25) is 0 Å². The molecule has 2 N–H and O–H groups in total. The molecule has 0 unspecified atom stereocenters. The van der Waals surface area contributed by atoms with E-state index >= 15 is 0 Å². The average molecular weight is 482 g/mol. The number of rotatable bonds is 6. The summed E-state index contributed by atoms with van der Waals surface area (Å²) in [5.41, 5.74) is 2.45. The van der Waals surface area contributed by atoms with Crippen molar-refractivity contribution in [1.29, 1.82) is 0 Å². The van der Waals surface area contributed by atoms with E-state index in [-0.39, 0.29) is 17.8 Å². The van der Waals surface area contributed by atoms with Crippen molar-refractivity contribution < 1.29 is 17.9 Å². The molecule has 0 aliphatic carbocycles. The maximum absolute atomic E-state index is 12.2. The number of para-hydroxylation sites is 1. The Morgan fingerprint density at radius 1 is 1.06 bits per heavy atom. The number of aromatic nitrogens is 2. The van der Waals surface area contributed by atoms with Gasteiger partial charge in [0, 0.05) is 35.8 Å². The van der Waals surface area contributed by atoms with Crippen LogP contribution in [0.4, 0.5) is 22.0 Å². The number of anilines is 3. The number of carbonyl (C=O) groups is 1. The smallest absolute Gasteiger partial charge is 0.323 e. The van der Waals surface area contributed by atoms with Crippen molar-refractivity contribution in [3.8, 4) is 11.4 Å². The number of morpholine rings is 1. The van der Waals surface area contributed by atoms with Crippen molar-refractivity contribution in [1.82, 2.24) is 9.97 Å². The summed E-state index contributed by atoms with van der Waals surface area (Å²) in [7, 11) is -3.27. The van der Waals surface area contributed by atoms with Crippen molar-refractivity contribution in [3.05, 3.63) is 66.4 Å². The quantitative estimate of drug-likeness (QED) is 0.553. The summed E-state index contributed by atoms with van der Waals surface area (Å²) in [6, 6.07) is 17.7. The van der Waals surface area contributed by atoms with Gasteiger partial charge in [0.25, 0.3) is 0 Å². The molecule has 0 spiro atoms. The number of ether oxygens (including phenoxy) is 1. The van der Waals surface area contributed by atoms with Crippen molar-refractivity contribution in [2.24, 2.45) is 0 Å². The Hall–Kier alpha value is -3.50. The van der Waals surface area contributed by atoms with E-state index in [0.29, 0.717) is 54.0 Å². The third kappa shape index (κ3) is 6.30. The Bertz CT molecular complexity index is 1250. The van der Waals surface area contributed by atoms with Gasteiger partial charge in [-0.1, -0.05) is 18.2 Å². The lowest BCUT2D eigenvalue weighted by Crippen LogP contribution is -2.44. The van der Waals surface area contributed by atoms with E-state index in [0.717, 1.165) is 0 Å². The van der Waals surface area contributed by atoms with Gasteiger partial charge in [0.15, 0.2) is 15.7 Å². The van der Waals surface area contributed by atoms with Crippen LogP contribution >= 0.6 is 0 Å². The largest absolute Gasteiger partial charge is 0.377 e. The van der Waals surface area contributed by atoms with Crippen molar-refractivity contribution in [2.45, 2.75) is 18.7 Å². The summed E-state index contributed by atoms with van der Waals surface area (Å²) in [6.45, 7) is 3.86. The van der Waals surface area contributed by atoms with Crippen LogP contribution in [-0.4, -0.2) is 56.5 Å². The van der Waals surface area contributed by atoms with Gasteiger partial charge in [-0.25, -0.2) is 23.2 Å². The highest BCUT2D eigenvalue weighted by molar-refractivity contribution is 7.89. The van der Waals surface area contributed by atoms with Gasteiger partial charge < -0.3 is 20.3 Å². The molecular formula is C24H27N5O4S. The fourth-order valence-electron chi connectivity index (χ4n) is 3.69. The first-order valence-electron chi connectivity index (χ1n) is 10.9. The van der Waals surface area contributed by atoms with Gasteiger partial charge in [-0.2, -0.15) is 0 Å². The van der Waals surface area contributed by atoms with Gasteiger partial charge in [-0.05, 0) is 43.3 Å². The van der Waals surface area contributed by atoms with E-state index in [1.165, 1.54) is 6.26 Å². The number of hydrogen-bond donors (Lipinski definition) is 2. The van der Waals surface area contributed by atoms with E-state index in [9.17, 15) is 13.2 Å². The summed E-state index contributed by atoms with van der Waals surface area (Å²) >= 11 is 0. The van der Waals surface area contributed by atoms with Crippen molar-refractivity contribution in [2.75, 3.05) is 41.5 Å². The molecule has 9 nitrogen and oxygen atoms in total. The van der Waals surface area contributed by atoms with Crippen LogP contribution in [0, 0.1) is 0 Å². The van der Waals surface area contributed by atoms with E-state index in [4.69, 9.17) is 9.72 Å². The molecule has 10 heteroatoms. The molecule has 0 radical (unpaired) electrons. The zero-order chi connectivity index (χ0) is 24.1. The summed E-state index contributed by atoms with van der Waals surface area (Å²) < 4.78 is 29.4. The van der Waals surface area contributed by atoms with E-state index < -0.39 is 9.84 Å². The fourth-order valence-corrected chi connectivity index (χ4v) is 4.37. The number of amides is 2. The first-order valence-corrected chi connectivity index (χ1v) is 13.0.